The van der Waals surface area contributed by atoms with Crippen molar-refractivity contribution in [2.24, 2.45) is 7.05 Å². The fourth-order valence-electron chi connectivity index (χ4n) is 3.80. The van der Waals surface area contributed by atoms with Crippen LogP contribution in [-0.4, -0.2) is 33.0 Å². The number of hydrogen-bond donors (Lipinski definition) is 1. The van der Waals surface area contributed by atoms with Gasteiger partial charge in [-0.15, -0.1) is 0 Å². The van der Waals surface area contributed by atoms with E-state index in [2.05, 4.69) is 15.4 Å². The van der Waals surface area contributed by atoms with E-state index in [1.54, 1.807) is 11.3 Å². The molecule has 6 heteroatoms. The Morgan fingerprint density at radius 3 is 2.90 bits per heavy atom. The van der Waals surface area contributed by atoms with Gasteiger partial charge in [0.1, 0.15) is 0 Å². The lowest BCUT2D eigenvalue weighted by molar-refractivity contribution is -0.0244. The number of nitrogens with one attached hydrogen (secondary N) is 1. The van der Waals surface area contributed by atoms with Crippen molar-refractivity contribution in [2.45, 2.75) is 57.1 Å². The highest BCUT2D eigenvalue weighted by atomic mass is 32.1. The van der Waals surface area contributed by atoms with Crippen LogP contribution in [0.5, 0.6) is 0 Å². The number of anilines is 1. The first-order valence-electron chi connectivity index (χ1n) is 7.86. The molecule has 0 aromatic carbocycles. The van der Waals surface area contributed by atoms with Gasteiger partial charge in [0, 0.05) is 7.05 Å². The fraction of sp³-hybridized carbons (Fsp3) is 0.733. The molecule has 1 saturated carbocycles. The number of nitrogens with zero attached hydrogens (tertiary/aromatic N) is 3. The van der Waals surface area contributed by atoms with Gasteiger partial charge in [0.05, 0.1) is 28.6 Å². The predicted octanol–water partition coefficient (Wildman–Crippen LogP) is 3.24. The molecular weight excluding hydrogens is 284 g/mol. The lowest BCUT2D eigenvalue weighted by Crippen LogP contribution is -2.31. The molecule has 1 saturated heterocycles. The van der Waals surface area contributed by atoms with Gasteiger partial charge in [-0.3, -0.25) is 0 Å². The smallest absolute Gasteiger partial charge is 0.185 e. The second-order valence-corrected chi connectivity index (χ2v) is 7.48. The summed E-state index contributed by atoms with van der Waals surface area (Å²) >= 11 is 1.71. The van der Waals surface area contributed by atoms with E-state index >= 15 is 0 Å². The lowest BCUT2D eigenvalue weighted by Gasteiger charge is -2.32. The van der Waals surface area contributed by atoms with Gasteiger partial charge in [-0.1, -0.05) is 30.6 Å². The molecule has 5 nitrogen and oxygen atoms in total. The molecule has 1 spiro atoms. The number of rotatable bonds is 2. The average Bonchev–Trinajstić information content (AvgIpc) is 3.11. The van der Waals surface area contributed by atoms with Gasteiger partial charge in [-0.25, -0.2) is 9.67 Å². The molecule has 2 aliphatic rings. The SMILES string of the molecule is Cc1nn(C)c2nc(N[C@H]3COC4(CCCCC4)C3)sc12. The molecule has 0 amide bonds. The number of fused-ring (bicyclic) bond motifs is 1. The molecule has 21 heavy (non-hydrogen) atoms. The zero-order valence-corrected chi connectivity index (χ0v) is 13.5. The normalized spacial score (nSPS) is 25.0. The van der Waals surface area contributed by atoms with E-state index in [9.17, 15) is 0 Å². The Hall–Kier alpha value is -1.14. The maximum Gasteiger partial charge on any atom is 0.185 e. The number of hydrogen-bond acceptors (Lipinski definition) is 5. The molecule has 1 atom stereocenters. The van der Waals surface area contributed by atoms with Crippen molar-refractivity contribution in [2.75, 3.05) is 11.9 Å². The first-order chi connectivity index (χ1) is 10.2. The number of aryl methyl sites for hydroxylation is 2. The number of thiazole rings is 1. The van der Waals surface area contributed by atoms with E-state index in [1.807, 2.05) is 18.7 Å². The van der Waals surface area contributed by atoms with Crippen LogP contribution >= 0.6 is 11.3 Å². The average molecular weight is 306 g/mol. The zero-order valence-electron chi connectivity index (χ0n) is 12.7. The summed E-state index contributed by atoms with van der Waals surface area (Å²) in [6, 6.07) is 0.400. The van der Waals surface area contributed by atoms with Crippen molar-refractivity contribution in [1.29, 1.82) is 0 Å². The predicted molar refractivity (Wildman–Crippen MR) is 84.9 cm³/mol. The summed E-state index contributed by atoms with van der Waals surface area (Å²) in [6.45, 7) is 2.85. The summed E-state index contributed by atoms with van der Waals surface area (Å²) in [4.78, 5) is 4.68. The monoisotopic (exact) mass is 306 g/mol. The molecule has 2 aromatic rings. The van der Waals surface area contributed by atoms with Crippen molar-refractivity contribution in [1.82, 2.24) is 14.8 Å². The number of aromatic nitrogens is 3. The molecule has 0 bridgehead atoms. The van der Waals surface area contributed by atoms with E-state index in [0.717, 1.165) is 29.5 Å². The van der Waals surface area contributed by atoms with E-state index in [4.69, 9.17) is 4.74 Å². The summed E-state index contributed by atoms with van der Waals surface area (Å²) < 4.78 is 9.21. The third-order valence-corrected chi connectivity index (χ3v) is 5.93. The van der Waals surface area contributed by atoms with E-state index in [-0.39, 0.29) is 5.60 Å². The quantitative estimate of drug-likeness (QED) is 0.925. The van der Waals surface area contributed by atoms with Gasteiger partial charge in [-0.2, -0.15) is 5.10 Å². The van der Waals surface area contributed by atoms with Crippen LogP contribution < -0.4 is 5.32 Å². The molecule has 1 aliphatic carbocycles. The van der Waals surface area contributed by atoms with Gasteiger partial charge in [-0.05, 0) is 26.2 Å². The molecule has 0 unspecified atom stereocenters. The highest BCUT2D eigenvalue weighted by Gasteiger charge is 2.41. The highest BCUT2D eigenvalue weighted by molar-refractivity contribution is 7.22. The Morgan fingerprint density at radius 1 is 1.33 bits per heavy atom. The van der Waals surface area contributed by atoms with Crippen LogP contribution in [0.4, 0.5) is 5.13 Å². The summed E-state index contributed by atoms with van der Waals surface area (Å²) in [5.74, 6) is 0. The Morgan fingerprint density at radius 2 is 2.14 bits per heavy atom. The van der Waals surface area contributed by atoms with Crippen molar-refractivity contribution in [3.05, 3.63) is 5.69 Å². The minimum Gasteiger partial charge on any atom is -0.373 e. The topological polar surface area (TPSA) is 52.0 Å². The van der Waals surface area contributed by atoms with Crippen LogP contribution in [0.2, 0.25) is 0 Å². The van der Waals surface area contributed by atoms with Crippen molar-refractivity contribution < 1.29 is 4.74 Å². The van der Waals surface area contributed by atoms with Crippen LogP contribution in [0, 0.1) is 6.92 Å². The summed E-state index contributed by atoms with van der Waals surface area (Å²) in [5.41, 5.74) is 2.19. The van der Waals surface area contributed by atoms with Crippen LogP contribution in [-0.2, 0) is 11.8 Å². The van der Waals surface area contributed by atoms with Crippen LogP contribution in [0.15, 0.2) is 0 Å². The van der Waals surface area contributed by atoms with E-state index < -0.39 is 0 Å². The molecule has 114 valence electrons. The molecule has 3 heterocycles. The van der Waals surface area contributed by atoms with E-state index in [0.29, 0.717) is 6.04 Å². The molecule has 2 aromatic heterocycles. The molecule has 0 radical (unpaired) electrons. The van der Waals surface area contributed by atoms with E-state index in [1.165, 1.54) is 36.8 Å². The molecule has 1 N–H and O–H groups in total. The van der Waals surface area contributed by atoms with Crippen LogP contribution in [0.25, 0.3) is 10.3 Å². The first-order valence-corrected chi connectivity index (χ1v) is 8.68. The first kappa shape index (κ1) is 13.5. The maximum absolute atomic E-state index is 6.17. The third kappa shape index (κ3) is 2.34. The highest BCUT2D eigenvalue weighted by Crippen LogP contribution is 2.40. The summed E-state index contributed by atoms with van der Waals surface area (Å²) in [6.07, 6.45) is 7.59. The summed E-state index contributed by atoms with van der Waals surface area (Å²) in [5, 5.41) is 8.99. The van der Waals surface area contributed by atoms with Crippen LogP contribution in [0.3, 0.4) is 0 Å². The second-order valence-electron chi connectivity index (χ2n) is 6.48. The zero-order chi connectivity index (χ0) is 14.4. The molecular formula is C15H22N4OS. The van der Waals surface area contributed by atoms with Crippen LogP contribution in [0.1, 0.15) is 44.2 Å². The maximum atomic E-state index is 6.17. The largest absolute Gasteiger partial charge is 0.373 e. The number of ether oxygens (including phenoxy) is 1. The molecule has 2 fully saturated rings. The summed E-state index contributed by atoms with van der Waals surface area (Å²) in [7, 11) is 1.95. The van der Waals surface area contributed by atoms with Gasteiger partial charge >= 0.3 is 0 Å². The standard InChI is InChI=1S/C15H22N4OS/c1-10-12-13(19(2)18-10)17-14(21-12)16-11-8-15(20-9-11)6-4-3-5-7-15/h11H,3-9H2,1-2H3,(H,16,17)/t11-/m1/s1. The fourth-order valence-corrected chi connectivity index (χ4v) is 4.81. The Balaban J connectivity index is 1.49. The third-order valence-electron chi connectivity index (χ3n) is 4.85. The molecule has 1 aliphatic heterocycles. The van der Waals surface area contributed by atoms with Gasteiger partial charge in [0.25, 0.3) is 0 Å². The second kappa shape index (κ2) is 4.95. The Labute approximate surface area is 128 Å². The minimum absolute atomic E-state index is 0.157. The van der Waals surface area contributed by atoms with Gasteiger partial charge in [0.15, 0.2) is 10.8 Å². The Bertz CT molecular complexity index is 621. The van der Waals surface area contributed by atoms with Crippen molar-refractivity contribution >= 4 is 26.8 Å². The van der Waals surface area contributed by atoms with Gasteiger partial charge in [0.2, 0.25) is 0 Å². The minimum atomic E-state index is 0.157. The van der Waals surface area contributed by atoms with Gasteiger partial charge < -0.3 is 10.1 Å². The molecule has 4 rings (SSSR count). The lowest BCUT2D eigenvalue weighted by atomic mass is 9.82. The Kier molecular flexibility index (Phi) is 3.19. The van der Waals surface area contributed by atoms with Crippen molar-refractivity contribution in [3.63, 3.8) is 0 Å². The van der Waals surface area contributed by atoms with Crippen molar-refractivity contribution in [3.8, 4) is 0 Å².